The minimum atomic E-state index is -0.302. The van der Waals surface area contributed by atoms with Gasteiger partial charge in [0.1, 0.15) is 12.4 Å². The monoisotopic (exact) mass is 474 g/mol. The van der Waals surface area contributed by atoms with Crippen LogP contribution in [0.2, 0.25) is 0 Å². The molecular weight excluding hydrogens is 444 g/mol. The molecule has 8 heteroatoms. The van der Waals surface area contributed by atoms with E-state index in [4.69, 9.17) is 4.74 Å². The standard InChI is InChI=1S/C27H30N4O4/c1-18-25(29(2)23(32)14-13-19-8-3-4-9-19)30-15-7-12-22(24(30)28-18)35-17-16-31-26(33)20-10-5-6-11-21(20)27(31)34/h5-7,10-12,15,19H,3-4,8-9,13-14,16-17H2,1-2H3. The lowest BCUT2D eigenvalue weighted by Crippen LogP contribution is -2.33. The normalized spacial score (nSPS) is 15.8. The molecule has 3 aromatic rings. The maximum atomic E-state index is 12.9. The fraction of sp³-hybridized carbons (Fsp3) is 0.407. The molecule has 0 unspecified atom stereocenters. The van der Waals surface area contributed by atoms with Crippen LogP contribution in [-0.2, 0) is 4.79 Å². The number of fused-ring (bicyclic) bond motifs is 2. The van der Waals surface area contributed by atoms with Crippen LogP contribution in [0, 0.1) is 12.8 Å². The molecule has 1 aliphatic carbocycles. The predicted octanol–water partition coefficient (Wildman–Crippen LogP) is 4.25. The van der Waals surface area contributed by atoms with Gasteiger partial charge in [-0.3, -0.25) is 28.6 Å². The largest absolute Gasteiger partial charge is 0.488 e. The maximum absolute atomic E-state index is 12.9. The lowest BCUT2D eigenvalue weighted by atomic mass is 10.0. The first-order chi connectivity index (χ1) is 17.0. The molecule has 1 saturated carbocycles. The van der Waals surface area contributed by atoms with Crippen LogP contribution in [0.5, 0.6) is 5.75 Å². The number of benzene rings is 1. The van der Waals surface area contributed by atoms with Crippen molar-refractivity contribution in [3.05, 3.63) is 59.4 Å². The SMILES string of the molecule is Cc1nc2c(OCCN3C(=O)c4ccccc4C3=O)cccn2c1N(C)C(=O)CCC1CCCC1. The number of carbonyl (C=O) groups is 3. The van der Waals surface area contributed by atoms with Gasteiger partial charge in [0.2, 0.25) is 5.91 Å². The van der Waals surface area contributed by atoms with Crippen molar-refractivity contribution in [2.75, 3.05) is 25.1 Å². The van der Waals surface area contributed by atoms with E-state index in [1.807, 2.05) is 23.6 Å². The van der Waals surface area contributed by atoms with Gasteiger partial charge in [-0.1, -0.05) is 37.8 Å². The molecule has 0 N–H and O–H groups in total. The number of rotatable bonds is 8. The Kier molecular flexibility index (Phi) is 6.28. The number of aromatic nitrogens is 2. The zero-order valence-electron chi connectivity index (χ0n) is 20.2. The van der Waals surface area contributed by atoms with Crippen molar-refractivity contribution in [3.63, 3.8) is 0 Å². The zero-order valence-corrected chi connectivity index (χ0v) is 20.2. The summed E-state index contributed by atoms with van der Waals surface area (Å²) >= 11 is 0. The highest BCUT2D eigenvalue weighted by molar-refractivity contribution is 6.21. The van der Waals surface area contributed by atoms with Crippen molar-refractivity contribution in [1.29, 1.82) is 0 Å². The van der Waals surface area contributed by atoms with Crippen LogP contribution in [0.15, 0.2) is 42.6 Å². The van der Waals surface area contributed by atoms with Gasteiger partial charge >= 0.3 is 0 Å². The first-order valence-electron chi connectivity index (χ1n) is 12.3. The summed E-state index contributed by atoms with van der Waals surface area (Å²) < 4.78 is 7.83. The van der Waals surface area contributed by atoms with Gasteiger partial charge in [0, 0.05) is 19.7 Å². The van der Waals surface area contributed by atoms with E-state index in [1.165, 1.54) is 30.6 Å². The van der Waals surface area contributed by atoms with Crippen molar-refractivity contribution in [3.8, 4) is 5.75 Å². The molecule has 3 amide bonds. The Hall–Kier alpha value is -3.68. The summed E-state index contributed by atoms with van der Waals surface area (Å²) in [7, 11) is 1.79. The van der Waals surface area contributed by atoms with E-state index < -0.39 is 0 Å². The number of imidazole rings is 1. The summed E-state index contributed by atoms with van der Waals surface area (Å²) in [5, 5.41) is 0. The molecule has 1 aliphatic heterocycles. The number of carbonyl (C=O) groups excluding carboxylic acids is 3. The van der Waals surface area contributed by atoms with Crippen LogP contribution in [0.25, 0.3) is 5.65 Å². The fourth-order valence-corrected chi connectivity index (χ4v) is 5.26. The number of hydrogen-bond donors (Lipinski definition) is 0. The molecule has 0 saturated heterocycles. The van der Waals surface area contributed by atoms with Crippen molar-refractivity contribution >= 4 is 29.2 Å². The van der Waals surface area contributed by atoms with Gasteiger partial charge in [-0.15, -0.1) is 0 Å². The van der Waals surface area contributed by atoms with Gasteiger partial charge in [-0.2, -0.15) is 0 Å². The van der Waals surface area contributed by atoms with Crippen molar-refractivity contribution in [2.24, 2.45) is 5.92 Å². The highest BCUT2D eigenvalue weighted by Crippen LogP contribution is 2.31. The van der Waals surface area contributed by atoms with Gasteiger partial charge in [0.05, 0.1) is 23.4 Å². The highest BCUT2D eigenvalue weighted by atomic mass is 16.5. The smallest absolute Gasteiger partial charge is 0.261 e. The third-order valence-electron chi connectivity index (χ3n) is 7.14. The van der Waals surface area contributed by atoms with Crippen LogP contribution >= 0.6 is 0 Å². The molecule has 0 radical (unpaired) electrons. The van der Waals surface area contributed by atoms with E-state index >= 15 is 0 Å². The van der Waals surface area contributed by atoms with Gasteiger partial charge < -0.3 is 4.74 Å². The molecule has 8 nitrogen and oxygen atoms in total. The highest BCUT2D eigenvalue weighted by Gasteiger charge is 2.34. The average molecular weight is 475 g/mol. The van der Waals surface area contributed by atoms with E-state index in [0.717, 1.165) is 17.9 Å². The Balaban J connectivity index is 1.27. The molecule has 1 fully saturated rings. The minimum absolute atomic E-state index is 0.0822. The van der Waals surface area contributed by atoms with Crippen molar-refractivity contribution in [1.82, 2.24) is 14.3 Å². The van der Waals surface area contributed by atoms with Crippen LogP contribution in [-0.4, -0.2) is 52.2 Å². The number of imide groups is 1. The summed E-state index contributed by atoms with van der Waals surface area (Å²) in [6, 6.07) is 10.5. The molecule has 2 aromatic heterocycles. The summed E-state index contributed by atoms with van der Waals surface area (Å²) in [6.07, 6.45) is 8.34. The number of anilines is 1. The zero-order chi connectivity index (χ0) is 24.5. The maximum Gasteiger partial charge on any atom is 0.261 e. The number of pyridine rings is 1. The van der Waals surface area contributed by atoms with Crippen LogP contribution in [0.3, 0.4) is 0 Å². The fourth-order valence-electron chi connectivity index (χ4n) is 5.26. The molecule has 35 heavy (non-hydrogen) atoms. The van der Waals surface area contributed by atoms with E-state index in [-0.39, 0.29) is 30.9 Å². The molecule has 1 aromatic carbocycles. The Morgan fingerprint density at radius 2 is 1.77 bits per heavy atom. The Morgan fingerprint density at radius 1 is 1.09 bits per heavy atom. The van der Waals surface area contributed by atoms with Crippen molar-refractivity contribution in [2.45, 2.75) is 45.4 Å². The number of hydrogen-bond acceptors (Lipinski definition) is 5. The third kappa shape index (κ3) is 4.29. The molecule has 182 valence electrons. The number of nitrogens with zero attached hydrogens (tertiary/aromatic N) is 4. The molecular formula is C27H30N4O4. The lowest BCUT2D eigenvalue weighted by molar-refractivity contribution is -0.118. The van der Waals surface area contributed by atoms with E-state index in [2.05, 4.69) is 4.98 Å². The second kappa shape index (κ2) is 9.52. The van der Waals surface area contributed by atoms with Crippen LogP contribution in [0.4, 0.5) is 5.82 Å². The number of amides is 3. The molecule has 3 heterocycles. The quantitative estimate of drug-likeness (QED) is 0.456. The molecule has 0 bridgehead atoms. The van der Waals surface area contributed by atoms with Crippen LogP contribution in [0.1, 0.15) is 64.9 Å². The third-order valence-corrected chi connectivity index (χ3v) is 7.14. The van der Waals surface area contributed by atoms with E-state index in [0.29, 0.717) is 34.9 Å². The molecule has 0 spiro atoms. The molecule has 5 rings (SSSR count). The minimum Gasteiger partial charge on any atom is -0.488 e. The van der Waals surface area contributed by atoms with Crippen LogP contribution < -0.4 is 9.64 Å². The molecule has 0 atom stereocenters. The number of aryl methyl sites for hydroxylation is 1. The summed E-state index contributed by atoms with van der Waals surface area (Å²) in [6.45, 7) is 2.16. The first kappa shape index (κ1) is 23.1. The van der Waals surface area contributed by atoms with Gasteiger partial charge in [-0.25, -0.2) is 4.98 Å². The molecule has 2 aliphatic rings. The van der Waals surface area contributed by atoms with Gasteiger partial charge in [0.15, 0.2) is 11.4 Å². The predicted molar refractivity (Wildman–Crippen MR) is 132 cm³/mol. The summed E-state index contributed by atoms with van der Waals surface area (Å²) in [4.78, 5) is 45.7. The first-order valence-corrected chi connectivity index (χ1v) is 12.3. The summed E-state index contributed by atoms with van der Waals surface area (Å²) in [5.74, 6) is 1.40. The average Bonchev–Trinajstić information content (AvgIpc) is 3.56. The van der Waals surface area contributed by atoms with E-state index in [9.17, 15) is 14.4 Å². The second-order valence-electron chi connectivity index (χ2n) is 9.38. The Labute approximate surface area is 204 Å². The van der Waals surface area contributed by atoms with Gasteiger partial charge in [-0.05, 0) is 43.5 Å². The number of ether oxygens (including phenoxy) is 1. The second-order valence-corrected chi connectivity index (χ2v) is 9.38. The van der Waals surface area contributed by atoms with Gasteiger partial charge in [0.25, 0.3) is 11.8 Å². The topological polar surface area (TPSA) is 84.2 Å². The van der Waals surface area contributed by atoms with Crippen molar-refractivity contribution < 1.29 is 19.1 Å². The lowest BCUT2D eigenvalue weighted by Gasteiger charge is -2.19. The Bertz CT molecular complexity index is 1260. The van der Waals surface area contributed by atoms with E-state index in [1.54, 1.807) is 42.3 Å². The Morgan fingerprint density at radius 3 is 2.46 bits per heavy atom. The summed E-state index contributed by atoms with van der Waals surface area (Å²) in [5.41, 5.74) is 2.18.